The lowest BCUT2D eigenvalue weighted by molar-refractivity contribution is 0.171. The van der Waals surface area contributed by atoms with E-state index in [9.17, 15) is 14.3 Å². The summed E-state index contributed by atoms with van der Waals surface area (Å²) in [6, 6.07) is 2.50. The number of benzene rings is 1. The molecule has 0 fully saturated rings. The highest BCUT2D eigenvalue weighted by Gasteiger charge is 2.30. The van der Waals surface area contributed by atoms with Gasteiger partial charge in [-0.3, -0.25) is 0 Å². The van der Waals surface area contributed by atoms with Crippen molar-refractivity contribution in [3.63, 3.8) is 0 Å². The number of rotatable bonds is 1. The van der Waals surface area contributed by atoms with Crippen molar-refractivity contribution in [2.24, 2.45) is 5.10 Å². The Hall–Kier alpha value is -2.11. The summed E-state index contributed by atoms with van der Waals surface area (Å²) in [5.74, 6) is -0.509. The van der Waals surface area contributed by atoms with Crippen LogP contribution in [-0.2, 0) is 4.74 Å². The molecule has 1 aliphatic carbocycles. The van der Waals surface area contributed by atoms with E-state index in [2.05, 4.69) is 15.3 Å². The zero-order valence-corrected chi connectivity index (χ0v) is 10.0. The second-order valence-electron chi connectivity index (χ2n) is 4.12. The number of ether oxygens (including phenoxy) is 1. The van der Waals surface area contributed by atoms with Crippen molar-refractivity contribution in [1.82, 2.24) is 5.43 Å². The maximum atomic E-state index is 13.7. The van der Waals surface area contributed by atoms with Crippen molar-refractivity contribution in [3.05, 3.63) is 29.1 Å². The van der Waals surface area contributed by atoms with Gasteiger partial charge in [0.25, 0.3) is 0 Å². The van der Waals surface area contributed by atoms with Crippen molar-refractivity contribution in [2.75, 3.05) is 7.11 Å². The molecule has 0 saturated carbocycles. The number of aromatic hydroxyl groups is 1. The fourth-order valence-corrected chi connectivity index (χ4v) is 2.12. The van der Waals surface area contributed by atoms with E-state index in [1.807, 2.05) is 6.92 Å². The molecular weight excluding hydrogens is 239 g/mol. The average Bonchev–Trinajstić information content (AvgIpc) is 2.69. The summed E-state index contributed by atoms with van der Waals surface area (Å²) < 4.78 is 18.1. The predicted octanol–water partition coefficient (Wildman–Crippen LogP) is 2.10. The summed E-state index contributed by atoms with van der Waals surface area (Å²) in [5.41, 5.74) is 3.41. The van der Waals surface area contributed by atoms with E-state index >= 15 is 0 Å². The van der Waals surface area contributed by atoms with Crippen LogP contribution in [0.5, 0.6) is 5.75 Å². The van der Waals surface area contributed by atoms with E-state index in [4.69, 9.17) is 0 Å². The van der Waals surface area contributed by atoms with E-state index in [1.165, 1.54) is 19.2 Å². The molecule has 96 valence electrons. The van der Waals surface area contributed by atoms with Crippen LogP contribution in [0, 0.1) is 5.82 Å². The van der Waals surface area contributed by atoms with E-state index in [-0.39, 0.29) is 17.5 Å². The summed E-state index contributed by atoms with van der Waals surface area (Å²) >= 11 is 0. The lowest BCUT2D eigenvalue weighted by Gasteiger charge is -2.06. The molecular formula is C12H13FN2O3. The van der Waals surface area contributed by atoms with Crippen molar-refractivity contribution in [1.29, 1.82) is 0 Å². The van der Waals surface area contributed by atoms with Crippen LogP contribution in [0.4, 0.5) is 9.18 Å². The van der Waals surface area contributed by atoms with Crippen molar-refractivity contribution >= 4 is 11.8 Å². The maximum Gasteiger partial charge on any atom is 0.427 e. The lowest BCUT2D eigenvalue weighted by atomic mass is 10.0. The minimum absolute atomic E-state index is 0.0406. The van der Waals surface area contributed by atoms with Gasteiger partial charge in [0.05, 0.1) is 12.8 Å². The predicted molar refractivity (Wildman–Crippen MR) is 63.2 cm³/mol. The Kier molecular flexibility index (Phi) is 3.18. The van der Waals surface area contributed by atoms with Gasteiger partial charge in [-0.1, -0.05) is 6.92 Å². The molecule has 1 atom stereocenters. The Morgan fingerprint density at radius 1 is 1.61 bits per heavy atom. The fraction of sp³-hybridized carbons (Fsp3) is 0.333. The first kappa shape index (κ1) is 12.3. The molecule has 1 aromatic carbocycles. The molecule has 18 heavy (non-hydrogen) atoms. The van der Waals surface area contributed by atoms with Gasteiger partial charge in [0.1, 0.15) is 11.6 Å². The number of fused-ring (bicyclic) bond motifs is 1. The number of nitrogens with one attached hydrogen (secondary N) is 1. The SMILES string of the molecule is COC(=O)N/N=C1\C[C@H](C)c2c(F)ccc(O)c21. The first-order chi connectivity index (χ1) is 8.54. The number of phenolic OH excluding ortho intramolecular Hbond substituents is 1. The van der Waals surface area contributed by atoms with Crippen molar-refractivity contribution < 1.29 is 19.0 Å². The number of methoxy groups -OCH3 is 1. The number of phenols is 1. The lowest BCUT2D eigenvalue weighted by Crippen LogP contribution is -2.19. The molecule has 1 aliphatic rings. The number of hydrogen-bond donors (Lipinski definition) is 2. The maximum absolute atomic E-state index is 13.7. The van der Waals surface area contributed by atoms with Gasteiger partial charge in [-0.05, 0) is 24.5 Å². The van der Waals surface area contributed by atoms with Crippen LogP contribution < -0.4 is 5.43 Å². The van der Waals surface area contributed by atoms with E-state index < -0.39 is 6.09 Å². The van der Waals surface area contributed by atoms with Gasteiger partial charge in [0, 0.05) is 11.1 Å². The number of carbonyl (C=O) groups is 1. The first-order valence-electron chi connectivity index (χ1n) is 5.46. The van der Waals surface area contributed by atoms with Gasteiger partial charge >= 0.3 is 6.09 Å². The number of amides is 1. The van der Waals surface area contributed by atoms with E-state index in [1.54, 1.807) is 0 Å². The van der Waals surface area contributed by atoms with Crippen LogP contribution in [0.25, 0.3) is 0 Å². The summed E-state index contributed by atoms with van der Waals surface area (Å²) in [6.45, 7) is 1.84. The number of hydrazone groups is 1. The molecule has 1 amide bonds. The quantitative estimate of drug-likeness (QED) is 0.752. The highest BCUT2D eigenvalue weighted by molar-refractivity contribution is 6.07. The number of hydrogen-bond acceptors (Lipinski definition) is 4. The monoisotopic (exact) mass is 252 g/mol. The van der Waals surface area contributed by atoms with Gasteiger partial charge < -0.3 is 9.84 Å². The van der Waals surface area contributed by atoms with Crippen molar-refractivity contribution in [2.45, 2.75) is 19.3 Å². The zero-order chi connectivity index (χ0) is 13.3. The number of carbonyl (C=O) groups excluding carboxylic acids is 1. The van der Waals surface area contributed by atoms with Crippen LogP contribution >= 0.6 is 0 Å². The first-order valence-corrected chi connectivity index (χ1v) is 5.46. The molecule has 0 aromatic heterocycles. The van der Waals surface area contributed by atoms with Crippen LogP contribution in [0.1, 0.15) is 30.4 Å². The van der Waals surface area contributed by atoms with Gasteiger partial charge in [-0.25, -0.2) is 14.6 Å². The molecule has 0 radical (unpaired) electrons. The molecule has 6 heteroatoms. The normalized spacial score (nSPS) is 19.7. The molecule has 2 N–H and O–H groups in total. The topological polar surface area (TPSA) is 70.9 Å². The molecule has 0 spiro atoms. The van der Waals surface area contributed by atoms with E-state index in [0.29, 0.717) is 23.3 Å². The summed E-state index contributed by atoms with van der Waals surface area (Å²) in [6.07, 6.45) is -0.257. The Labute approximate surface area is 103 Å². The van der Waals surface area contributed by atoms with Gasteiger partial charge in [0.15, 0.2) is 0 Å². The minimum atomic E-state index is -0.709. The van der Waals surface area contributed by atoms with Gasteiger partial charge in [-0.2, -0.15) is 5.10 Å². The molecule has 1 aromatic rings. The van der Waals surface area contributed by atoms with Crippen LogP contribution in [-0.4, -0.2) is 24.0 Å². The third-order valence-corrected chi connectivity index (χ3v) is 2.92. The number of halogens is 1. The molecule has 0 unspecified atom stereocenters. The molecule has 5 nitrogen and oxygen atoms in total. The smallest absolute Gasteiger partial charge is 0.427 e. The van der Waals surface area contributed by atoms with Crippen LogP contribution in [0.3, 0.4) is 0 Å². The molecule has 0 heterocycles. The third kappa shape index (κ3) is 2.01. The Morgan fingerprint density at radius 2 is 2.33 bits per heavy atom. The zero-order valence-electron chi connectivity index (χ0n) is 10.0. The average molecular weight is 252 g/mol. The van der Waals surface area contributed by atoms with Crippen LogP contribution in [0.15, 0.2) is 17.2 Å². The Morgan fingerprint density at radius 3 is 3.00 bits per heavy atom. The highest BCUT2D eigenvalue weighted by atomic mass is 19.1. The van der Waals surface area contributed by atoms with Gasteiger partial charge in [0.2, 0.25) is 0 Å². The summed E-state index contributed by atoms with van der Waals surface area (Å²) in [4.78, 5) is 10.9. The molecule has 0 aliphatic heterocycles. The summed E-state index contributed by atoms with van der Waals surface area (Å²) in [5, 5.41) is 13.6. The Bertz CT molecular complexity index is 528. The largest absolute Gasteiger partial charge is 0.507 e. The summed E-state index contributed by atoms with van der Waals surface area (Å²) in [7, 11) is 1.22. The molecule has 2 rings (SSSR count). The highest BCUT2D eigenvalue weighted by Crippen LogP contribution is 2.39. The van der Waals surface area contributed by atoms with E-state index in [0.717, 1.165) is 0 Å². The van der Waals surface area contributed by atoms with Gasteiger partial charge in [-0.15, -0.1) is 0 Å². The van der Waals surface area contributed by atoms with Crippen molar-refractivity contribution in [3.8, 4) is 5.75 Å². The van der Waals surface area contributed by atoms with Crippen LogP contribution in [0.2, 0.25) is 0 Å². The molecule has 0 saturated heterocycles. The second kappa shape index (κ2) is 4.64. The third-order valence-electron chi connectivity index (χ3n) is 2.92. The minimum Gasteiger partial charge on any atom is -0.507 e. The second-order valence-corrected chi connectivity index (χ2v) is 4.12. The fourth-order valence-electron chi connectivity index (χ4n) is 2.12. The molecule has 0 bridgehead atoms. The Balaban J connectivity index is 2.41. The number of nitrogens with zero attached hydrogens (tertiary/aromatic N) is 1. The standard InChI is InChI=1S/C12H13FN2O3/c1-6-5-8(14-15-12(17)18-2)11-9(16)4-3-7(13)10(6)11/h3-4,6,16H,5H2,1-2H3,(H,15,17)/b14-8+/t6-/m0/s1.